The molecular formula is C35H38ClN5S. The lowest BCUT2D eigenvalue weighted by molar-refractivity contribution is 0.728. The fraction of sp³-hybridized carbons (Fsp3) is 0.200. The van der Waals surface area contributed by atoms with Gasteiger partial charge in [-0.25, -0.2) is 0 Å². The Kier molecular flexibility index (Phi) is 13.5. The van der Waals surface area contributed by atoms with E-state index < -0.39 is 0 Å². The van der Waals surface area contributed by atoms with Crippen LogP contribution in [-0.4, -0.2) is 34.7 Å². The molecule has 0 aliphatic carbocycles. The summed E-state index contributed by atoms with van der Waals surface area (Å²) in [6.07, 6.45) is 7.62. The first kappa shape index (κ1) is 31.4. The molecule has 0 aliphatic heterocycles. The molecule has 0 spiro atoms. The standard InChI is InChI=1S/C21H23N3S.C14H15ClN2/c22-13-17-6-8-21(9-7-17)25-11-10-23-14-18-12-20(16-24-15-18)19-4-2-1-3-5-19;15-6-7-16-9-12-8-14(11-17-10-12)13-4-2-1-3-5-13/h1-9,12,15-16,23H,10-11,13-14,22H2;1-5,8,10-11,16H,6-7,9H2. The fourth-order valence-electron chi connectivity index (χ4n) is 4.24. The van der Waals surface area contributed by atoms with Gasteiger partial charge in [0.2, 0.25) is 0 Å². The van der Waals surface area contributed by atoms with Crippen molar-refractivity contribution in [2.24, 2.45) is 5.73 Å². The quantitative estimate of drug-likeness (QED) is 0.0761. The van der Waals surface area contributed by atoms with Crippen LogP contribution < -0.4 is 16.4 Å². The Labute approximate surface area is 259 Å². The molecule has 216 valence electrons. The molecule has 5 nitrogen and oxygen atoms in total. The number of aromatic nitrogens is 2. The fourth-order valence-corrected chi connectivity index (χ4v) is 5.18. The summed E-state index contributed by atoms with van der Waals surface area (Å²) < 4.78 is 0. The highest BCUT2D eigenvalue weighted by atomic mass is 35.5. The van der Waals surface area contributed by atoms with Crippen LogP contribution in [0.1, 0.15) is 16.7 Å². The van der Waals surface area contributed by atoms with E-state index in [4.69, 9.17) is 17.3 Å². The minimum Gasteiger partial charge on any atom is -0.326 e. The molecular weight excluding hydrogens is 558 g/mol. The topological polar surface area (TPSA) is 75.9 Å². The largest absolute Gasteiger partial charge is 0.326 e. The first-order chi connectivity index (χ1) is 20.7. The number of benzene rings is 3. The van der Waals surface area contributed by atoms with Crippen LogP contribution >= 0.6 is 23.4 Å². The van der Waals surface area contributed by atoms with Gasteiger partial charge in [-0.3, -0.25) is 9.97 Å². The van der Waals surface area contributed by atoms with Crippen LogP contribution in [0.5, 0.6) is 0 Å². The van der Waals surface area contributed by atoms with Crippen molar-refractivity contribution in [2.75, 3.05) is 24.7 Å². The first-order valence-corrected chi connectivity index (χ1v) is 15.6. The maximum atomic E-state index is 5.62. The van der Waals surface area contributed by atoms with E-state index in [0.29, 0.717) is 12.4 Å². The number of hydrogen-bond donors (Lipinski definition) is 3. The second-order valence-corrected chi connectivity index (χ2v) is 11.2. The minimum atomic E-state index is 0.600. The van der Waals surface area contributed by atoms with Crippen LogP contribution in [0.25, 0.3) is 22.3 Å². The zero-order valence-corrected chi connectivity index (χ0v) is 25.3. The van der Waals surface area contributed by atoms with Crippen molar-refractivity contribution >= 4 is 23.4 Å². The van der Waals surface area contributed by atoms with Gasteiger partial charge in [0.05, 0.1) is 0 Å². The molecule has 0 radical (unpaired) electrons. The van der Waals surface area contributed by atoms with Gasteiger partial charge in [-0.1, -0.05) is 72.8 Å². The number of pyridine rings is 2. The molecule has 0 saturated carbocycles. The van der Waals surface area contributed by atoms with Crippen molar-refractivity contribution in [2.45, 2.75) is 24.5 Å². The van der Waals surface area contributed by atoms with Crippen molar-refractivity contribution < 1.29 is 0 Å². The van der Waals surface area contributed by atoms with E-state index in [9.17, 15) is 0 Å². The van der Waals surface area contributed by atoms with E-state index in [1.54, 1.807) is 0 Å². The normalized spacial score (nSPS) is 10.6. The number of nitrogens with zero attached hydrogens (tertiary/aromatic N) is 2. The SMILES string of the molecule is ClCCNCc1cncc(-c2ccccc2)c1.NCc1ccc(SCCNCc2cncc(-c3ccccc3)c2)cc1. The molecule has 5 rings (SSSR count). The van der Waals surface area contributed by atoms with E-state index in [0.717, 1.165) is 43.1 Å². The van der Waals surface area contributed by atoms with Gasteiger partial charge in [-0.2, -0.15) is 0 Å². The minimum absolute atomic E-state index is 0.600. The highest BCUT2D eigenvalue weighted by Gasteiger charge is 2.01. The third-order valence-electron chi connectivity index (χ3n) is 6.44. The molecule has 0 amide bonds. The average Bonchev–Trinajstić information content (AvgIpc) is 3.06. The Balaban J connectivity index is 0.000000208. The molecule has 0 aliphatic rings. The predicted molar refractivity (Wildman–Crippen MR) is 179 cm³/mol. The van der Waals surface area contributed by atoms with E-state index in [1.165, 1.54) is 32.7 Å². The van der Waals surface area contributed by atoms with E-state index >= 15 is 0 Å². The van der Waals surface area contributed by atoms with Crippen LogP contribution in [0.2, 0.25) is 0 Å². The number of hydrogen-bond acceptors (Lipinski definition) is 6. The number of nitrogens with two attached hydrogens (primary N) is 1. The summed E-state index contributed by atoms with van der Waals surface area (Å²) in [6, 6.07) is 33.5. The lowest BCUT2D eigenvalue weighted by atomic mass is 10.1. The Morgan fingerprint density at radius 1 is 0.595 bits per heavy atom. The molecule has 0 saturated heterocycles. The number of rotatable bonds is 13. The Morgan fingerprint density at radius 2 is 1.12 bits per heavy atom. The summed E-state index contributed by atoms with van der Waals surface area (Å²) in [5.74, 6) is 1.67. The van der Waals surface area contributed by atoms with Crippen molar-refractivity contribution in [3.05, 3.63) is 139 Å². The predicted octanol–water partition coefficient (Wildman–Crippen LogP) is 7.17. The number of halogens is 1. The van der Waals surface area contributed by atoms with Crippen LogP contribution in [0, 0.1) is 0 Å². The smallest absolute Gasteiger partial charge is 0.0348 e. The lowest BCUT2D eigenvalue weighted by Crippen LogP contribution is -2.16. The Morgan fingerprint density at radius 3 is 1.62 bits per heavy atom. The second kappa shape index (κ2) is 18.1. The zero-order valence-electron chi connectivity index (χ0n) is 23.8. The summed E-state index contributed by atoms with van der Waals surface area (Å²) in [7, 11) is 0. The molecule has 0 atom stereocenters. The molecule has 0 bridgehead atoms. The molecule has 0 fully saturated rings. The summed E-state index contributed by atoms with van der Waals surface area (Å²) in [5, 5.41) is 6.75. The average molecular weight is 596 g/mol. The maximum Gasteiger partial charge on any atom is 0.0348 e. The van der Waals surface area contributed by atoms with Gasteiger partial charge >= 0.3 is 0 Å². The molecule has 2 aromatic heterocycles. The summed E-state index contributed by atoms with van der Waals surface area (Å²) in [6.45, 7) is 4.01. The summed E-state index contributed by atoms with van der Waals surface area (Å²) in [5.41, 5.74) is 13.9. The van der Waals surface area contributed by atoms with E-state index in [2.05, 4.69) is 93.4 Å². The van der Waals surface area contributed by atoms with Crippen LogP contribution in [0.15, 0.2) is 127 Å². The van der Waals surface area contributed by atoms with Crippen molar-refractivity contribution in [1.29, 1.82) is 0 Å². The van der Waals surface area contributed by atoms with Gasteiger partial charge in [0.15, 0.2) is 0 Å². The number of alkyl halides is 1. The highest BCUT2D eigenvalue weighted by Crippen LogP contribution is 2.20. The van der Waals surface area contributed by atoms with Gasteiger partial charge < -0.3 is 16.4 Å². The van der Waals surface area contributed by atoms with Gasteiger partial charge in [-0.15, -0.1) is 23.4 Å². The van der Waals surface area contributed by atoms with Crippen LogP contribution in [0.3, 0.4) is 0 Å². The van der Waals surface area contributed by atoms with Gasteiger partial charge in [0, 0.05) is 85.2 Å². The van der Waals surface area contributed by atoms with Gasteiger partial charge in [0.25, 0.3) is 0 Å². The molecule has 42 heavy (non-hydrogen) atoms. The Bertz CT molecular complexity index is 1450. The summed E-state index contributed by atoms with van der Waals surface area (Å²) >= 11 is 7.47. The monoisotopic (exact) mass is 595 g/mol. The Hall–Kier alpha value is -3.52. The van der Waals surface area contributed by atoms with Crippen molar-refractivity contribution in [3.8, 4) is 22.3 Å². The molecule has 4 N–H and O–H groups in total. The molecule has 2 heterocycles. The van der Waals surface area contributed by atoms with Crippen LogP contribution in [0.4, 0.5) is 0 Å². The molecule has 3 aromatic carbocycles. The molecule has 5 aromatic rings. The highest BCUT2D eigenvalue weighted by molar-refractivity contribution is 7.99. The number of nitrogens with one attached hydrogen (secondary N) is 2. The third-order valence-corrected chi connectivity index (χ3v) is 7.64. The van der Waals surface area contributed by atoms with Gasteiger partial charge in [0.1, 0.15) is 0 Å². The van der Waals surface area contributed by atoms with Gasteiger partial charge in [-0.05, 0) is 52.1 Å². The second-order valence-electron chi connectivity index (χ2n) is 9.63. The van der Waals surface area contributed by atoms with E-state index in [-0.39, 0.29) is 0 Å². The molecule has 0 unspecified atom stereocenters. The zero-order chi connectivity index (χ0) is 29.2. The lowest BCUT2D eigenvalue weighted by Gasteiger charge is -2.07. The van der Waals surface area contributed by atoms with E-state index in [1.807, 2.05) is 60.8 Å². The molecule has 7 heteroatoms. The van der Waals surface area contributed by atoms with Crippen molar-refractivity contribution in [1.82, 2.24) is 20.6 Å². The number of thioether (sulfide) groups is 1. The third kappa shape index (κ3) is 10.7. The summed E-state index contributed by atoms with van der Waals surface area (Å²) in [4.78, 5) is 9.92. The van der Waals surface area contributed by atoms with Crippen molar-refractivity contribution in [3.63, 3.8) is 0 Å². The van der Waals surface area contributed by atoms with Crippen LogP contribution in [-0.2, 0) is 19.6 Å². The first-order valence-electron chi connectivity index (χ1n) is 14.1. The maximum absolute atomic E-state index is 5.62.